The third kappa shape index (κ3) is 3.14. The minimum Gasteiger partial charge on any atom is -0.396 e. The fourth-order valence-corrected chi connectivity index (χ4v) is 1.16. The highest BCUT2D eigenvalue weighted by atomic mass is 19.1. The first-order chi connectivity index (χ1) is 8.32. The Morgan fingerprint density at radius 3 is 2.56 bits per heavy atom. The predicted molar refractivity (Wildman–Crippen MR) is 58.3 cm³/mol. The van der Waals surface area contributed by atoms with Gasteiger partial charge in [-0.3, -0.25) is 9.59 Å². The second kappa shape index (κ2) is 5.41. The number of nitrogens with one attached hydrogen (secondary N) is 1. The lowest BCUT2D eigenvalue weighted by molar-refractivity contribution is -0.125. The van der Waals surface area contributed by atoms with Crippen molar-refractivity contribution < 1.29 is 23.5 Å². The Morgan fingerprint density at radius 1 is 1.39 bits per heavy atom. The van der Waals surface area contributed by atoms with E-state index in [4.69, 9.17) is 16.6 Å². The van der Waals surface area contributed by atoms with Crippen LogP contribution in [0.4, 0.5) is 14.5 Å². The predicted octanol–water partition coefficient (Wildman–Crippen LogP) is -0.877. The third-order valence-corrected chi connectivity index (χ3v) is 2.09. The molecule has 0 aromatic heterocycles. The van der Waals surface area contributed by atoms with Crippen LogP contribution in [-0.2, 0) is 4.79 Å². The molecule has 6 N–H and O–H groups in total. The average molecular weight is 259 g/mol. The van der Waals surface area contributed by atoms with Gasteiger partial charge in [0, 0.05) is 0 Å². The molecule has 8 heteroatoms. The first-order valence-corrected chi connectivity index (χ1v) is 4.83. The van der Waals surface area contributed by atoms with Crippen molar-refractivity contribution in [3.63, 3.8) is 0 Å². The van der Waals surface area contributed by atoms with Crippen LogP contribution in [0.15, 0.2) is 12.1 Å². The number of carbonyl (C=O) groups is 2. The molecule has 6 nitrogen and oxygen atoms in total. The van der Waals surface area contributed by atoms with Gasteiger partial charge in [-0.1, -0.05) is 0 Å². The minimum atomic E-state index is -1.61. The molecule has 0 spiro atoms. The molecular weight excluding hydrogens is 248 g/mol. The van der Waals surface area contributed by atoms with Gasteiger partial charge in [0.2, 0.25) is 5.91 Å². The Balaban J connectivity index is 2.82. The van der Waals surface area contributed by atoms with Gasteiger partial charge in [0.15, 0.2) is 5.82 Å². The number of anilines is 1. The van der Waals surface area contributed by atoms with E-state index in [1.165, 1.54) is 0 Å². The van der Waals surface area contributed by atoms with Gasteiger partial charge in [0.05, 0.1) is 17.8 Å². The molecule has 0 bridgehead atoms. The lowest BCUT2D eigenvalue weighted by atomic mass is 10.1. The van der Waals surface area contributed by atoms with Crippen molar-refractivity contribution in [2.45, 2.75) is 6.10 Å². The Bertz CT molecular complexity index is 494. The van der Waals surface area contributed by atoms with Crippen LogP contribution in [0.3, 0.4) is 0 Å². The molecule has 0 heterocycles. The number of hydrogen-bond donors (Lipinski definition) is 4. The van der Waals surface area contributed by atoms with Crippen molar-refractivity contribution in [3.8, 4) is 0 Å². The zero-order valence-corrected chi connectivity index (χ0v) is 9.11. The Hall–Kier alpha value is -2.22. The van der Waals surface area contributed by atoms with Crippen LogP contribution < -0.4 is 16.8 Å². The number of rotatable bonds is 4. The molecule has 1 rings (SSSR count). The molecule has 98 valence electrons. The summed E-state index contributed by atoms with van der Waals surface area (Å²) in [5.74, 6) is -4.02. The molecule has 1 aromatic rings. The monoisotopic (exact) mass is 259 g/mol. The van der Waals surface area contributed by atoms with Gasteiger partial charge in [-0.05, 0) is 12.1 Å². The first-order valence-electron chi connectivity index (χ1n) is 4.83. The highest BCUT2D eigenvalue weighted by Gasteiger charge is 2.18. The second-order valence-electron chi connectivity index (χ2n) is 3.48. The molecule has 1 atom stereocenters. The molecule has 0 fully saturated rings. The van der Waals surface area contributed by atoms with Crippen molar-refractivity contribution >= 4 is 17.5 Å². The molecule has 0 saturated heterocycles. The van der Waals surface area contributed by atoms with Crippen molar-refractivity contribution in [2.75, 3.05) is 12.3 Å². The van der Waals surface area contributed by atoms with E-state index in [0.717, 1.165) is 6.07 Å². The number of aliphatic hydroxyl groups is 1. The first kappa shape index (κ1) is 13.8. The molecule has 2 amide bonds. The van der Waals surface area contributed by atoms with Crippen LogP contribution in [-0.4, -0.2) is 29.6 Å². The lowest BCUT2D eigenvalue weighted by Crippen LogP contribution is -2.40. The molecular formula is C10H11F2N3O3. The summed E-state index contributed by atoms with van der Waals surface area (Å²) in [7, 11) is 0. The maximum absolute atomic E-state index is 13.4. The van der Waals surface area contributed by atoms with E-state index in [1.54, 1.807) is 0 Å². The zero-order valence-electron chi connectivity index (χ0n) is 9.11. The number of nitrogen functional groups attached to an aromatic ring is 1. The number of primary amides is 1. The third-order valence-electron chi connectivity index (χ3n) is 2.09. The average Bonchev–Trinajstić information content (AvgIpc) is 2.29. The molecule has 1 unspecified atom stereocenters. The Kier molecular flexibility index (Phi) is 4.16. The van der Waals surface area contributed by atoms with E-state index in [-0.39, 0.29) is 0 Å². The molecule has 0 aliphatic heterocycles. The molecule has 0 radical (unpaired) electrons. The summed E-state index contributed by atoms with van der Waals surface area (Å²) in [4.78, 5) is 22.0. The number of aliphatic hydroxyl groups excluding tert-OH is 1. The van der Waals surface area contributed by atoms with E-state index in [1.807, 2.05) is 5.32 Å². The van der Waals surface area contributed by atoms with Crippen LogP contribution in [0, 0.1) is 11.6 Å². The minimum absolute atomic E-state index is 0.510. The van der Waals surface area contributed by atoms with Crippen LogP contribution in [0.25, 0.3) is 0 Å². The Labute approximate surface area is 101 Å². The standard InChI is InChI=1S/C10H11F2N3O3/c11-4-1-5(8(12)6(13)2-4)10(18)15-3-7(16)9(14)17/h1-2,7,16H,3,13H2,(H2,14,17)(H,15,18). The summed E-state index contributed by atoms with van der Waals surface area (Å²) >= 11 is 0. The van der Waals surface area contributed by atoms with Crippen LogP contribution >= 0.6 is 0 Å². The molecule has 18 heavy (non-hydrogen) atoms. The summed E-state index contributed by atoms with van der Waals surface area (Å²) in [5.41, 5.74) is 8.75. The van der Waals surface area contributed by atoms with E-state index < -0.39 is 47.3 Å². The molecule has 1 aromatic carbocycles. The fourth-order valence-electron chi connectivity index (χ4n) is 1.16. The molecule has 0 saturated carbocycles. The SMILES string of the molecule is NC(=O)C(O)CNC(=O)c1cc(F)cc(N)c1F. The zero-order chi connectivity index (χ0) is 13.9. The van der Waals surface area contributed by atoms with Crippen molar-refractivity contribution in [2.24, 2.45) is 5.73 Å². The van der Waals surface area contributed by atoms with Crippen LogP contribution in [0.1, 0.15) is 10.4 Å². The van der Waals surface area contributed by atoms with Crippen LogP contribution in [0.5, 0.6) is 0 Å². The van der Waals surface area contributed by atoms with Crippen LogP contribution in [0.2, 0.25) is 0 Å². The molecule has 0 aliphatic rings. The van der Waals surface area contributed by atoms with Gasteiger partial charge >= 0.3 is 0 Å². The number of benzene rings is 1. The second-order valence-corrected chi connectivity index (χ2v) is 3.48. The maximum atomic E-state index is 13.4. The number of carbonyl (C=O) groups excluding carboxylic acids is 2. The summed E-state index contributed by atoms with van der Waals surface area (Å²) < 4.78 is 26.4. The highest BCUT2D eigenvalue weighted by Crippen LogP contribution is 2.17. The summed E-state index contributed by atoms with van der Waals surface area (Å²) in [5, 5.41) is 11.0. The van der Waals surface area contributed by atoms with Crippen molar-refractivity contribution in [1.29, 1.82) is 0 Å². The van der Waals surface area contributed by atoms with Crippen molar-refractivity contribution in [3.05, 3.63) is 29.3 Å². The number of nitrogens with two attached hydrogens (primary N) is 2. The van der Waals surface area contributed by atoms with Gasteiger partial charge in [-0.15, -0.1) is 0 Å². The van der Waals surface area contributed by atoms with Gasteiger partial charge in [-0.25, -0.2) is 8.78 Å². The smallest absolute Gasteiger partial charge is 0.254 e. The van der Waals surface area contributed by atoms with E-state index in [9.17, 15) is 18.4 Å². The summed E-state index contributed by atoms with van der Waals surface area (Å²) in [6.07, 6.45) is -1.61. The topological polar surface area (TPSA) is 118 Å². The van der Waals surface area contributed by atoms with Crippen molar-refractivity contribution in [1.82, 2.24) is 5.32 Å². The fraction of sp³-hybridized carbons (Fsp3) is 0.200. The van der Waals surface area contributed by atoms with E-state index in [0.29, 0.717) is 6.07 Å². The van der Waals surface area contributed by atoms with Gasteiger partial charge in [-0.2, -0.15) is 0 Å². The van der Waals surface area contributed by atoms with E-state index >= 15 is 0 Å². The molecule has 0 aliphatic carbocycles. The lowest BCUT2D eigenvalue weighted by Gasteiger charge is -2.10. The van der Waals surface area contributed by atoms with Gasteiger partial charge in [0.1, 0.15) is 11.9 Å². The maximum Gasteiger partial charge on any atom is 0.254 e. The normalized spacial score (nSPS) is 11.9. The highest BCUT2D eigenvalue weighted by molar-refractivity contribution is 5.95. The van der Waals surface area contributed by atoms with Gasteiger partial charge in [0.25, 0.3) is 5.91 Å². The number of hydrogen-bond acceptors (Lipinski definition) is 4. The van der Waals surface area contributed by atoms with E-state index in [2.05, 4.69) is 0 Å². The summed E-state index contributed by atoms with van der Waals surface area (Å²) in [6.45, 7) is -0.510. The Morgan fingerprint density at radius 2 is 2.00 bits per heavy atom. The summed E-state index contributed by atoms with van der Waals surface area (Å²) in [6, 6.07) is 1.38. The number of amides is 2. The van der Waals surface area contributed by atoms with Gasteiger partial charge < -0.3 is 21.9 Å². The quantitative estimate of drug-likeness (QED) is 0.525. The largest absolute Gasteiger partial charge is 0.396 e. The number of halogens is 2.